The number of carbonyl (C=O) groups excluding carboxylic acids is 1. The number of hydrogen-bond donors (Lipinski definition) is 1. The lowest BCUT2D eigenvalue weighted by Gasteiger charge is -2.36. The molecule has 1 heterocycles. The van der Waals surface area contributed by atoms with Crippen LogP contribution < -0.4 is 0 Å². The zero-order chi connectivity index (χ0) is 10.6. The number of amides is 1. The molecule has 0 spiro atoms. The van der Waals surface area contributed by atoms with Crippen molar-refractivity contribution in [3.63, 3.8) is 0 Å². The Labute approximate surface area is 84.8 Å². The Bertz CT molecular complexity index is 196. The van der Waals surface area contributed by atoms with E-state index in [0.29, 0.717) is 13.1 Å². The fraction of sp³-hybridized carbons (Fsp3) is 0.700. The monoisotopic (exact) mass is 198 g/mol. The zero-order valence-electron chi connectivity index (χ0n) is 8.70. The van der Waals surface area contributed by atoms with E-state index in [1.54, 1.807) is 4.90 Å². The third kappa shape index (κ3) is 2.48. The maximum Gasteiger partial charge on any atom is 0.248 e. The highest BCUT2D eigenvalue weighted by atomic mass is 16.3. The Balaban J connectivity index is 2.38. The highest BCUT2D eigenvalue weighted by Gasteiger charge is 2.20. The largest absolute Gasteiger partial charge is 0.387 e. The van der Waals surface area contributed by atoms with Gasteiger partial charge in [0.1, 0.15) is 6.61 Å². The van der Waals surface area contributed by atoms with Crippen molar-refractivity contribution in [2.45, 2.75) is 13.3 Å². The van der Waals surface area contributed by atoms with Crippen LogP contribution >= 0.6 is 0 Å². The van der Waals surface area contributed by atoms with Crippen LogP contribution in [0.1, 0.15) is 13.3 Å². The topological polar surface area (TPSA) is 43.8 Å². The number of nitrogens with zero attached hydrogens (tertiary/aromatic N) is 2. The van der Waals surface area contributed by atoms with Crippen molar-refractivity contribution in [1.29, 1.82) is 0 Å². The molecule has 4 heteroatoms. The molecule has 1 amide bonds. The Morgan fingerprint density at radius 3 is 2.21 bits per heavy atom. The molecule has 0 atom stereocenters. The first-order chi connectivity index (χ1) is 6.69. The van der Waals surface area contributed by atoms with Gasteiger partial charge in [0, 0.05) is 31.9 Å². The third-order valence-electron chi connectivity index (χ3n) is 2.62. The summed E-state index contributed by atoms with van der Waals surface area (Å²) in [6.45, 7) is 8.71. The van der Waals surface area contributed by atoms with Crippen molar-refractivity contribution >= 4 is 5.91 Å². The normalized spacial score (nSPS) is 17.0. The summed E-state index contributed by atoms with van der Waals surface area (Å²) >= 11 is 0. The second-order valence-electron chi connectivity index (χ2n) is 3.45. The van der Waals surface area contributed by atoms with Gasteiger partial charge in [0.2, 0.25) is 5.91 Å². The molecule has 0 aliphatic carbocycles. The first-order valence-electron chi connectivity index (χ1n) is 5.00. The minimum atomic E-state index is -0.380. The minimum Gasteiger partial charge on any atom is -0.387 e. The van der Waals surface area contributed by atoms with Crippen LogP contribution in [0.15, 0.2) is 12.3 Å². The lowest BCUT2D eigenvalue weighted by atomic mass is 10.2. The van der Waals surface area contributed by atoms with Crippen molar-refractivity contribution in [3.8, 4) is 0 Å². The standard InChI is InChI=1S/C10H18N2O2/c1-3-9(2)11-4-6-12(7-5-11)10(14)8-13/h13H,2-8H2,1H3. The molecule has 14 heavy (non-hydrogen) atoms. The molecule has 1 fully saturated rings. The highest BCUT2D eigenvalue weighted by Crippen LogP contribution is 2.10. The van der Waals surface area contributed by atoms with Crippen molar-refractivity contribution in [3.05, 3.63) is 12.3 Å². The molecule has 0 aromatic carbocycles. The number of aliphatic hydroxyl groups excluding tert-OH is 1. The SMILES string of the molecule is C=C(CC)N1CCN(C(=O)CO)CC1. The number of rotatable bonds is 3. The lowest BCUT2D eigenvalue weighted by Crippen LogP contribution is -2.48. The molecule has 1 rings (SSSR count). The second-order valence-corrected chi connectivity index (χ2v) is 3.45. The average Bonchev–Trinajstić information content (AvgIpc) is 2.27. The summed E-state index contributed by atoms with van der Waals surface area (Å²) in [4.78, 5) is 15.0. The highest BCUT2D eigenvalue weighted by molar-refractivity contribution is 5.77. The van der Waals surface area contributed by atoms with E-state index in [-0.39, 0.29) is 12.5 Å². The van der Waals surface area contributed by atoms with Crippen LogP contribution in [0, 0.1) is 0 Å². The van der Waals surface area contributed by atoms with E-state index in [2.05, 4.69) is 18.4 Å². The summed E-state index contributed by atoms with van der Waals surface area (Å²) in [5.41, 5.74) is 1.13. The molecule has 0 aromatic rings. The molecule has 1 saturated heterocycles. The summed E-state index contributed by atoms with van der Waals surface area (Å²) in [6, 6.07) is 0. The number of piperazine rings is 1. The van der Waals surface area contributed by atoms with Crippen molar-refractivity contribution in [2.75, 3.05) is 32.8 Å². The van der Waals surface area contributed by atoms with Gasteiger partial charge in [-0.05, 0) is 6.42 Å². The number of carbonyl (C=O) groups is 1. The lowest BCUT2D eigenvalue weighted by molar-refractivity contribution is -0.135. The maximum atomic E-state index is 11.1. The molecule has 0 bridgehead atoms. The van der Waals surface area contributed by atoms with Crippen LogP contribution in [0.4, 0.5) is 0 Å². The van der Waals surface area contributed by atoms with Gasteiger partial charge in [-0.3, -0.25) is 4.79 Å². The molecule has 1 aliphatic heterocycles. The van der Waals surface area contributed by atoms with E-state index >= 15 is 0 Å². The Kier molecular flexibility index (Phi) is 3.95. The first kappa shape index (κ1) is 11.0. The molecule has 0 radical (unpaired) electrons. The summed E-state index contributed by atoms with van der Waals surface area (Å²) in [6.07, 6.45) is 0.952. The maximum absolute atomic E-state index is 11.1. The molecule has 0 aromatic heterocycles. The van der Waals surface area contributed by atoms with Gasteiger partial charge >= 0.3 is 0 Å². The predicted octanol–water partition coefficient (Wildman–Crippen LogP) is 0.0466. The molecule has 0 saturated carbocycles. The summed E-state index contributed by atoms with van der Waals surface area (Å²) in [7, 11) is 0. The van der Waals surface area contributed by atoms with Gasteiger partial charge in [0.25, 0.3) is 0 Å². The summed E-state index contributed by atoms with van der Waals surface area (Å²) in [5.74, 6) is -0.174. The van der Waals surface area contributed by atoms with Crippen LogP contribution in [-0.4, -0.2) is 53.6 Å². The van der Waals surface area contributed by atoms with Crippen molar-refractivity contribution in [1.82, 2.24) is 9.80 Å². The van der Waals surface area contributed by atoms with Gasteiger partial charge in [-0.15, -0.1) is 0 Å². The van der Waals surface area contributed by atoms with E-state index in [0.717, 1.165) is 25.2 Å². The van der Waals surface area contributed by atoms with Crippen LogP contribution in [0.2, 0.25) is 0 Å². The van der Waals surface area contributed by atoms with E-state index in [1.165, 1.54) is 0 Å². The first-order valence-corrected chi connectivity index (χ1v) is 5.00. The van der Waals surface area contributed by atoms with Crippen molar-refractivity contribution in [2.24, 2.45) is 0 Å². The Morgan fingerprint density at radius 2 is 1.79 bits per heavy atom. The van der Waals surface area contributed by atoms with Crippen molar-refractivity contribution < 1.29 is 9.90 Å². The van der Waals surface area contributed by atoms with Gasteiger partial charge in [-0.25, -0.2) is 0 Å². The number of hydrogen-bond acceptors (Lipinski definition) is 3. The van der Waals surface area contributed by atoms with Gasteiger partial charge in [0.15, 0.2) is 0 Å². The van der Waals surface area contributed by atoms with Crippen LogP contribution in [0.3, 0.4) is 0 Å². The summed E-state index contributed by atoms with van der Waals surface area (Å²) < 4.78 is 0. The average molecular weight is 198 g/mol. The number of aliphatic hydroxyl groups is 1. The third-order valence-corrected chi connectivity index (χ3v) is 2.62. The quantitative estimate of drug-likeness (QED) is 0.696. The fourth-order valence-corrected chi connectivity index (χ4v) is 1.60. The smallest absolute Gasteiger partial charge is 0.248 e. The molecule has 4 nitrogen and oxygen atoms in total. The Hall–Kier alpha value is -1.03. The van der Waals surface area contributed by atoms with E-state index in [4.69, 9.17) is 5.11 Å². The van der Waals surface area contributed by atoms with Gasteiger partial charge in [-0.2, -0.15) is 0 Å². The predicted molar refractivity (Wildman–Crippen MR) is 54.7 cm³/mol. The number of allylic oxidation sites excluding steroid dienone is 1. The molecular weight excluding hydrogens is 180 g/mol. The second kappa shape index (κ2) is 5.00. The summed E-state index contributed by atoms with van der Waals surface area (Å²) in [5, 5.41) is 8.69. The molecule has 80 valence electrons. The molecule has 1 aliphatic rings. The molecular formula is C10H18N2O2. The van der Waals surface area contributed by atoms with E-state index in [1.807, 2.05) is 0 Å². The van der Waals surface area contributed by atoms with Gasteiger partial charge in [-0.1, -0.05) is 13.5 Å². The van der Waals surface area contributed by atoms with Crippen LogP contribution in [-0.2, 0) is 4.79 Å². The van der Waals surface area contributed by atoms with Gasteiger partial charge < -0.3 is 14.9 Å². The zero-order valence-corrected chi connectivity index (χ0v) is 8.70. The molecule has 0 unspecified atom stereocenters. The van der Waals surface area contributed by atoms with Crippen LogP contribution in [0.5, 0.6) is 0 Å². The van der Waals surface area contributed by atoms with E-state index in [9.17, 15) is 4.79 Å². The van der Waals surface area contributed by atoms with E-state index < -0.39 is 0 Å². The Morgan fingerprint density at radius 1 is 1.29 bits per heavy atom. The minimum absolute atomic E-state index is 0.174. The van der Waals surface area contributed by atoms with Gasteiger partial charge in [0.05, 0.1) is 0 Å². The molecule has 1 N–H and O–H groups in total. The van der Waals surface area contributed by atoms with Crippen LogP contribution in [0.25, 0.3) is 0 Å². The fourth-order valence-electron chi connectivity index (χ4n) is 1.60.